The number of hydrogen-bond acceptors (Lipinski definition) is 3. The van der Waals surface area contributed by atoms with E-state index >= 15 is 0 Å². The van der Waals surface area contributed by atoms with Crippen LogP contribution in [0.4, 0.5) is 11.4 Å². The first kappa shape index (κ1) is 14.4. The fourth-order valence-corrected chi connectivity index (χ4v) is 3.94. The molecule has 2 N–H and O–H groups in total. The molecule has 1 unspecified atom stereocenters. The van der Waals surface area contributed by atoms with E-state index in [1.807, 2.05) is 31.2 Å². The summed E-state index contributed by atoms with van der Waals surface area (Å²) >= 11 is 7.76. The van der Waals surface area contributed by atoms with Gasteiger partial charge in [0.25, 0.3) is 0 Å². The van der Waals surface area contributed by atoms with Crippen molar-refractivity contribution >= 4 is 40.2 Å². The Morgan fingerprint density at radius 3 is 2.76 bits per heavy atom. The Labute approximate surface area is 133 Å². The van der Waals surface area contributed by atoms with E-state index in [2.05, 4.69) is 16.7 Å². The first-order valence-electron chi connectivity index (χ1n) is 7.10. The zero-order valence-corrected chi connectivity index (χ0v) is 13.4. The molecule has 110 valence electrons. The highest BCUT2D eigenvalue weighted by Gasteiger charge is 2.24. The number of benzene rings is 1. The van der Waals surface area contributed by atoms with Gasteiger partial charge in [-0.1, -0.05) is 18.5 Å². The fourth-order valence-electron chi connectivity index (χ4n) is 2.58. The third kappa shape index (κ3) is 3.22. The normalized spacial score (nSPS) is 16.6. The lowest BCUT2D eigenvalue weighted by Crippen LogP contribution is -2.10. The number of halogens is 1. The van der Waals surface area contributed by atoms with Crippen molar-refractivity contribution in [3.63, 3.8) is 0 Å². The average Bonchev–Trinajstić information content (AvgIpc) is 3.01. The van der Waals surface area contributed by atoms with Crippen LogP contribution >= 0.6 is 22.9 Å². The van der Waals surface area contributed by atoms with Crippen LogP contribution in [-0.4, -0.2) is 5.91 Å². The van der Waals surface area contributed by atoms with E-state index < -0.39 is 0 Å². The van der Waals surface area contributed by atoms with Gasteiger partial charge in [0, 0.05) is 22.7 Å². The predicted octanol–water partition coefficient (Wildman–Crippen LogP) is 4.85. The molecule has 1 aromatic carbocycles. The lowest BCUT2D eigenvalue weighted by atomic mass is 10.1. The Hall–Kier alpha value is -1.52. The van der Waals surface area contributed by atoms with Gasteiger partial charge in [-0.25, -0.2) is 0 Å². The van der Waals surface area contributed by atoms with Crippen LogP contribution in [0.2, 0.25) is 4.34 Å². The number of hydrogen-bond donors (Lipinski definition) is 2. The minimum atomic E-state index is 0.0315. The third-order valence-corrected chi connectivity index (χ3v) is 5.02. The summed E-state index contributed by atoms with van der Waals surface area (Å²) in [5.41, 5.74) is 3.22. The second-order valence-corrected chi connectivity index (χ2v) is 6.91. The molecule has 5 heteroatoms. The lowest BCUT2D eigenvalue weighted by molar-refractivity contribution is -0.115. The molecule has 3 rings (SSSR count). The van der Waals surface area contributed by atoms with E-state index in [9.17, 15) is 4.79 Å². The SMILES string of the molecule is CCC(=O)Nc1ccc(NC2CCc3sc(Cl)cc32)cc1. The highest BCUT2D eigenvalue weighted by atomic mass is 35.5. The van der Waals surface area contributed by atoms with Crippen molar-refractivity contribution in [3.05, 3.63) is 45.1 Å². The summed E-state index contributed by atoms with van der Waals surface area (Å²) in [5, 5.41) is 6.39. The quantitative estimate of drug-likeness (QED) is 0.845. The van der Waals surface area contributed by atoms with Gasteiger partial charge in [0.2, 0.25) is 5.91 Å². The summed E-state index contributed by atoms with van der Waals surface area (Å²) in [6.07, 6.45) is 2.69. The molecule has 1 amide bonds. The molecule has 1 aliphatic rings. The van der Waals surface area contributed by atoms with Crippen molar-refractivity contribution in [1.82, 2.24) is 0 Å². The summed E-state index contributed by atoms with van der Waals surface area (Å²) in [4.78, 5) is 12.7. The number of fused-ring (bicyclic) bond motifs is 1. The Morgan fingerprint density at radius 2 is 2.05 bits per heavy atom. The Kier molecular flexibility index (Phi) is 4.17. The van der Waals surface area contributed by atoms with Crippen LogP contribution in [0, 0.1) is 0 Å². The molecular formula is C16H17ClN2OS. The second kappa shape index (κ2) is 6.08. The Morgan fingerprint density at radius 1 is 1.33 bits per heavy atom. The maximum Gasteiger partial charge on any atom is 0.224 e. The number of carbonyl (C=O) groups is 1. The van der Waals surface area contributed by atoms with E-state index in [4.69, 9.17) is 11.6 Å². The number of rotatable bonds is 4. The maximum atomic E-state index is 11.3. The van der Waals surface area contributed by atoms with Crippen molar-refractivity contribution in [1.29, 1.82) is 0 Å². The zero-order chi connectivity index (χ0) is 14.8. The smallest absolute Gasteiger partial charge is 0.224 e. The molecule has 3 nitrogen and oxygen atoms in total. The van der Waals surface area contributed by atoms with Crippen molar-refractivity contribution in [2.45, 2.75) is 32.2 Å². The predicted molar refractivity (Wildman–Crippen MR) is 89.4 cm³/mol. The molecule has 0 fully saturated rings. The van der Waals surface area contributed by atoms with E-state index in [1.165, 1.54) is 10.4 Å². The summed E-state index contributed by atoms with van der Waals surface area (Å²) < 4.78 is 0.865. The van der Waals surface area contributed by atoms with Crippen molar-refractivity contribution in [2.75, 3.05) is 10.6 Å². The number of aryl methyl sites for hydroxylation is 1. The number of carbonyl (C=O) groups excluding carboxylic acids is 1. The van der Waals surface area contributed by atoms with Gasteiger partial charge < -0.3 is 10.6 Å². The van der Waals surface area contributed by atoms with Gasteiger partial charge in [-0.3, -0.25) is 4.79 Å². The van der Waals surface area contributed by atoms with Gasteiger partial charge in [-0.2, -0.15) is 0 Å². The summed E-state index contributed by atoms with van der Waals surface area (Å²) in [6.45, 7) is 1.84. The Bertz CT molecular complexity index is 651. The largest absolute Gasteiger partial charge is 0.378 e. The van der Waals surface area contributed by atoms with Crippen LogP contribution in [0.3, 0.4) is 0 Å². The molecule has 1 aliphatic carbocycles. The standard InChI is InChI=1S/C16H17ClN2OS/c1-2-16(20)19-11-5-3-10(4-6-11)18-13-7-8-14-12(13)9-15(17)21-14/h3-6,9,13,18H,2,7-8H2,1H3,(H,19,20). The molecule has 2 aromatic rings. The molecule has 0 saturated carbocycles. The second-order valence-electron chi connectivity index (χ2n) is 5.14. The van der Waals surface area contributed by atoms with Gasteiger partial charge in [0.05, 0.1) is 10.4 Å². The van der Waals surface area contributed by atoms with Gasteiger partial charge >= 0.3 is 0 Å². The Balaban J connectivity index is 1.67. The van der Waals surface area contributed by atoms with E-state index in [-0.39, 0.29) is 5.91 Å². The first-order valence-corrected chi connectivity index (χ1v) is 8.29. The first-order chi connectivity index (χ1) is 10.2. The minimum Gasteiger partial charge on any atom is -0.378 e. The monoisotopic (exact) mass is 320 g/mol. The van der Waals surface area contributed by atoms with Crippen molar-refractivity contribution in [3.8, 4) is 0 Å². The highest BCUT2D eigenvalue weighted by Crippen LogP contribution is 2.40. The minimum absolute atomic E-state index is 0.0315. The molecule has 0 radical (unpaired) electrons. The number of amides is 1. The van der Waals surface area contributed by atoms with Crippen LogP contribution in [0.5, 0.6) is 0 Å². The maximum absolute atomic E-state index is 11.3. The molecule has 1 aromatic heterocycles. The van der Waals surface area contributed by atoms with Crippen molar-refractivity contribution < 1.29 is 4.79 Å². The van der Waals surface area contributed by atoms with Gasteiger partial charge in [-0.15, -0.1) is 11.3 Å². The van der Waals surface area contributed by atoms with E-state index in [1.54, 1.807) is 11.3 Å². The third-order valence-electron chi connectivity index (χ3n) is 3.68. The van der Waals surface area contributed by atoms with Gasteiger partial charge in [-0.05, 0) is 48.7 Å². The molecule has 0 spiro atoms. The number of thiophene rings is 1. The molecular weight excluding hydrogens is 304 g/mol. The van der Waals surface area contributed by atoms with Crippen LogP contribution < -0.4 is 10.6 Å². The van der Waals surface area contributed by atoms with E-state index in [0.717, 1.165) is 28.6 Å². The van der Waals surface area contributed by atoms with Crippen LogP contribution in [-0.2, 0) is 11.2 Å². The van der Waals surface area contributed by atoms with Gasteiger partial charge in [0.1, 0.15) is 0 Å². The molecule has 1 atom stereocenters. The summed E-state index contributed by atoms with van der Waals surface area (Å²) in [7, 11) is 0. The van der Waals surface area contributed by atoms with E-state index in [0.29, 0.717) is 12.5 Å². The zero-order valence-electron chi connectivity index (χ0n) is 11.8. The fraction of sp³-hybridized carbons (Fsp3) is 0.312. The highest BCUT2D eigenvalue weighted by molar-refractivity contribution is 7.16. The van der Waals surface area contributed by atoms with Crippen LogP contribution in [0.1, 0.15) is 36.2 Å². The van der Waals surface area contributed by atoms with Crippen LogP contribution in [0.25, 0.3) is 0 Å². The van der Waals surface area contributed by atoms with Gasteiger partial charge in [0.15, 0.2) is 0 Å². The summed E-state index contributed by atoms with van der Waals surface area (Å²) in [6, 6.07) is 10.2. The molecule has 0 saturated heterocycles. The summed E-state index contributed by atoms with van der Waals surface area (Å²) in [5.74, 6) is 0.0315. The molecule has 0 aliphatic heterocycles. The lowest BCUT2D eigenvalue weighted by Gasteiger charge is -2.15. The molecule has 1 heterocycles. The van der Waals surface area contributed by atoms with Crippen molar-refractivity contribution in [2.24, 2.45) is 0 Å². The van der Waals surface area contributed by atoms with Crippen LogP contribution in [0.15, 0.2) is 30.3 Å². The number of nitrogens with one attached hydrogen (secondary N) is 2. The molecule has 0 bridgehead atoms. The topological polar surface area (TPSA) is 41.1 Å². The molecule has 21 heavy (non-hydrogen) atoms. The number of anilines is 2. The average molecular weight is 321 g/mol.